The van der Waals surface area contributed by atoms with E-state index in [1.165, 1.54) is 23.2 Å². The molecule has 0 spiro atoms. The molecule has 1 atom stereocenters. The van der Waals surface area contributed by atoms with Crippen molar-refractivity contribution in [2.75, 3.05) is 26.1 Å². The number of ether oxygens (including phenoxy) is 2. The number of aromatic nitrogens is 2. The van der Waals surface area contributed by atoms with Gasteiger partial charge in [0.2, 0.25) is 0 Å². The molecule has 2 heterocycles. The minimum Gasteiger partial charge on any atom is -0.497 e. The van der Waals surface area contributed by atoms with E-state index in [-0.39, 0.29) is 0 Å². The summed E-state index contributed by atoms with van der Waals surface area (Å²) in [6.07, 6.45) is 5.20. The number of methoxy groups -OCH3 is 1. The van der Waals surface area contributed by atoms with E-state index in [0.29, 0.717) is 12.5 Å². The van der Waals surface area contributed by atoms with Crippen molar-refractivity contribution in [3.05, 3.63) is 40.8 Å². The van der Waals surface area contributed by atoms with Crippen LogP contribution in [-0.4, -0.2) is 30.7 Å². The molecule has 24 heavy (non-hydrogen) atoms. The average molecular weight is 325 g/mol. The molecule has 4 rings (SSSR count). The Morgan fingerprint density at radius 3 is 3.04 bits per heavy atom. The number of anilines is 1. The lowest BCUT2D eigenvalue weighted by atomic mass is 9.93. The van der Waals surface area contributed by atoms with Gasteiger partial charge in [-0.15, -0.1) is 0 Å². The molecule has 1 unspecified atom stereocenters. The minimum atomic E-state index is 0.412. The zero-order chi connectivity index (χ0) is 16.5. The van der Waals surface area contributed by atoms with E-state index in [4.69, 9.17) is 19.4 Å². The van der Waals surface area contributed by atoms with Crippen molar-refractivity contribution in [1.82, 2.24) is 9.97 Å². The van der Waals surface area contributed by atoms with E-state index in [2.05, 4.69) is 11.4 Å². The van der Waals surface area contributed by atoms with Crippen molar-refractivity contribution in [3.8, 4) is 11.5 Å². The van der Waals surface area contributed by atoms with Gasteiger partial charge in [-0.2, -0.15) is 0 Å². The summed E-state index contributed by atoms with van der Waals surface area (Å²) in [4.78, 5) is 9.56. The molecule has 0 radical (unpaired) electrons. The average Bonchev–Trinajstić information content (AvgIpc) is 3.09. The Kier molecular flexibility index (Phi) is 4.00. The fourth-order valence-corrected chi connectivity index (χ4v) is 3.71. The third-order valence-corrected chi connectivity index (χ3v) is 4.94. The standard InChI is InChI=1S/C19H23N3O2/c1-20-19-15-4-3-5-16(15)21-18(22-19)9-12-8-13-6-7-14(23-2)10-17(13)24-11-12/h6-7,10,12H,3-5,8-9,11H2,1-2H3,(H,20,21,22). The smallest absolute Gasteiger partial charge is 0.132 e. The number of fused-ring (bicyclic) bond motifs is 2. The van der Waals surface area contributed by atoms with Gasteiger partial charge in [0, 0.05) is 36.7 Å². The Bertz CT molecular complexity index is 761. The van der Waals surface area contributed by atoms with Crippen molar-refractivity contribution in [1.29, 1.82) is 0 Å². The van der Waals surface area contributed by atoms with Gasteiger partial charge in [0.25, 0.3) is 0 Å². The Labute approximate surface area is 142 Å². The third kappa shape index (κ3) is 2.79. The summed E-state index contributed by atoms with van der Waals surface area (Å²) in [7, 11) is 3.62. The molecule has 0 amide bonds. The molecule has 1 aliphatic carbocycles. The Morgan fingerprint density at radius 2 is 2.21 bits per heavy atom. The van der Waals surface area contributed by atoms with Crippen LogP contribution in [0.5, 0.6) is 11.5 Å². The van der Waals surface area contributed by atoms with Crippen LogP contribution >= 0.6 is 0 Å². The number of hydrogen-bond donors (Lipinski definition) is 1. The van der Waals surface area contributed by atoms with Crippen molar-refractivity contribution in [2.24, 2.45) is 5.92 Å². The second-order valence-corrected chi connectivity index (χ2v) is 6.58. The highest BCUT2D eigenvalue weighted by atomic mass is 16.5. The molecular formula is C19H23N3O2. The number of rotatable bonds is 4. The summed E-state index contributed by atoms with van der Waals surface area (Å²) in [6, 6.07) is 6.06. The fraction of sp³-hybridized carbons (Fsp3) is 0.474. The first-order valence-electron chi connectivity index (χ1n) is 8.63. The van der Waals surface area contributed by atoms with Crippen LogP contribution in [0.4, 0.5) is 5.82 Å². The SMILES string of the molecule is CNc1nc(CC2COc3cc(OC)ccc3C2)nc2c1CCC2. The number of benzene rings is 1. The van der Waals surface area contributed by atoms with Gasteiger partial charge in [-0.05, 0) is 37.3 Å². The first-order chi connectivity index (χ1) is 11.8. The normalized spacial score (nSPS) is 18.5. The van der Waals surface area contributed by atoms with E-state index in [1.54, 1.807) is 7.11 Å². The van der Waals surface area contributed by atoms with Crippen LogP contribution in [0.15, 0.2) is 18.2 Å². The second kappa shape index (κ2) is 6.30. The van der Waals surface area contributed by atoms with E-state index in [1.807, 2.05) is 19.2 Å². The zero-order valence-electron chi connectivity index (χ0n) is 14.3. The molecule has 0 fully saturated rings. The maximum Gasteiger partial charge on any atom is 0.132 e. The fourth-order valence-electron chi connectivity index (χ4n) is 3.71. The highest BCUT2D eigenvalue weighted by Gasteiger charge is 2.24. The zero-order valence-corrected chi connectivity index (χ0v) is 14.3. The molecule has 2 aliphatic rings. The highest BCUT2D eigenvalue weighted by Crippen LogP contribution is 2.32. The molecule has 1 aromatic carbocycles. The van der Waals surface area contributed by atoms with Gasteiger partial charge in [-0.25, -0.2) is 9.97 Å². The molecule has 5 heteroatoms. The van der Waals surface area contributed by atoms with Crippen LogP contribution in [0, 0.1) is 5.92 Å². The lowest BCUT2D eigenvalue weighted by molar-refractivity contribution is 0.218. The van der Waals surface area contributed by atoms with Gasteiger partial charge in [-0.1, -0.05) is 6.07 Å². The van der Waals surface area contributed by atoms with Gasteiger partial charge in [-0.3, -0.25) is 0 Å². The van der Waals surface area contributed by atoms with Gasteiger partial charge in [0.05, 0.1) is 13.7 Å². The van der Waals surface area contributed by atoms with Crippen molar-refractivity contribution < 1.29 is 9.47 Å². The lowest BCUT2D eigenvalue weighted by Crippen LogP contribution is -2.24. The first kappa shape index (κ1) is 15.2. The van der Waals surface area contributed by atoms with Crippen LogP contribution in [0.2, 0.25) is 0 Å². The summed E-state index contributed by atoms with van der Waals surface area (Å²) in [6.45, 7) is 0.704. The molecule has 1 N–H and O–H groups in total. The predicted molar refractivity (Wildman–Crippen MR) is 93.0 cm³/mol. The number of nitrogens with one attached hydrogen (secondary N) is 1. The van der Waals surface area contributed by atoms with Crippen LogP contribution < -0.4 is 14.8 Å². The summed E-state index contributed by atoms with van der Waals surface area (Å²) in [5.41, 5.74) is 3.77. The van der Waals surface area contributed by atoms with Crippen molar-refractivity contribution in [2.45, 2.75) is 32.1 Å². The molecule has 1 aromatic heterocycles. The van der Waals surface area contributed by atoms with E-state index in [0.717, 1.165) is 48.8 Å². The Morgan fingerprint density at radius 1 is 1.29 bits per heavy atom. The van der Waals surface area contributed by atoms with Gasteiger partial charge in [0.1, 0.15) is 23.1 Å². The lowest BCUT2D eigenvalue weighted by Gasteiger charge is -2.25. The monoisotopic (exact) mass is 325 g/mol. The highest BCUT2D eigenvalue weighted by molar-refractivity contribution is 5.48. The summed E-state index contributed by atoms with van der Waals surface area (Å²) in [5.74, 6) is 4.14. The topological polar surface area (TPSA) is 56.3 Å². The van der Waals surface area contributed by atoms with Crippen LogP contribution in [0.25, 0.3) is 0 Å². The van der Waals surface area contributed by atoms with E-state index in [9.17, 15) is 0 Å². The number of aryl methyl sites for hydroxylation is 1. The molecule has 5 nitrogen and oxygen atoms in total. The maximum atomic E-state index is 5.95. The summed E-state index contributed by atoms with van der Waals surface area (Å²) in [5, 5.41) is 3.24. The summed E-state index contributed by atoms with van der Waals surface area (Å²) >= 11 is 0. The molecular weight excluding hydrogens is 302 g/mol. The quantitative estimate of drug-likeness (QED) is 0.937. The first-order valence-corrected chi connectivity index (χ1v) is 8.63. The van der Waals surface area contributed by atoms with Gasteiger partial charge >= 0.3 is 0 Å². The van der Waals surface area contributed by atoms with Gasteiger partial charge < -0.3 is 14.8 Å². The van der Waals surface area contributed by atoms with Crippen molar-refractivity contribution >= 4 is 5.82 Å². The molecule has 0 saturated heterocycles. The predicted octanol–water partition coefficient (Wildman–Crippen LogP) is 2.81. The summed E-state index contributed by atoms with van der Waals surface area (Å²) < 4.78 is 11.2. The maximum absolute atomic E-state index is 5.95. The van der Waals surface area contributed by atoms with Crippen LogP contribution in [0.1, 0.15) is 29.1 Å². The van der Waals surface area contributed by atoms with Crippen molar-refractivity contribution in [3.63, 3.8) is 0 Å². The molecule has 1 aliphatic heterocycles. The number of nitrogens with zero attached hydrogens (tertiary/aromatic N) is 2. The van der Waals surface area contributed by atoms with E-state index < -0.39 is 0 Å². The second-order valence-electron chi connectivity index (χ2n) is 6.58. The Hall–Kier alpha value is -2.30. The van der Waals surface area contributed by atoms with E-state index >= 15 is 0 Å². The molecule has 0 bridgehead atoms. The van der Waals surface area contributed by atoms with Crippen LogP contribution in [0.3, 0.4) is 0 Å². The largest absolute Gasteiger partial charge is 0.497 e. The molecule has 2 aromatic rings. The van der Waals surface area contributed by atoms with Gasteiger partial charge in [0.15, 0.2) is 0 Å². The molecule has 126 valence electrons. The molecule has 0 saturated carbocycles. The Balaban J connectivity index is 1.52. The third-order valence-electron chi connectivity index (χ3n) is 4.94. The number of hydrogen-bond acceptors (Lipinski definition) is 5. The minimum absolute atomic E-state index is 0.412. The van der Waals surface area contributed by atoms with Crippen LogP contribution in [-0.2, 0) is 25.7 Å².